The Balaban J connectivity index is 2.01. The Hall–Kier alpha value is -2.10. The van der Waals surface area contributed by atoms with E-state index in [9.17, 15) is 9.59 Å². The second kappa shape index (κ2) is 5.12. The molecule has 0 N–H and O–H groups in total. The molecule has 104 valence electrons. The molecular weight excluding hydrogens is 256 g/mol. The van der Waals surface area contributed by atoms with E-state index in [-0.39, 0.29) is 29.3 Å². The maximum Gasteiger partial charge on any atom is 0.134 e. The van der Waals surface area contributed by atoms with Crippen LogP contribution in [0.5, 0.6) is 0 Å². The smallest absolute Gasteiger partial charge is 0.134 e. The van der Waals surface area contributed by atoms with E-state index in [4.69, 9.17) is 8.83 Å². The molecule has 1 fully saturated rings. The van der Waals surface area contributed by atoms with Gasteiger partial charge >= 0.3 is 0 Å². The Morgan fingerprint density at radius 3 is 1.90 bits per heavy atom. The summed E-state index contributed by atoms with van der Waals surface area (Å²) in [6, 6.07) is 7.23. The number of carbonyl (C=O) groups is 2. The van der Waals surface area contributed by atoms with Crippen LogP contribution in [-0.4, -0.2) is 11.6 Å². The highest BCUT2D eigenvalue weighted by Crippen LogP contribution is 2.45. The van der Waals surface area contributed by atoms with Crippen molar-refractivity contribution in [3.05, 3.63) is 48.3 Å². The molecule has 20 heavy (non-hydrogen) atoms. The summed E-state index contributed by atoms with van der Waals surface area (Å²) in [7, 11) is 0. The van der Waals surface area contributed by atoms with Gasteiger partial charge in [0.25, 0.3) is 0 Å². The molecule has 0 aliphatic heterocycles. The minimum absolute atomic E-state index is 0.0697. The van der Waals surface area contributed by atoms with Gasteiger partial charge in [-0.25, -0.2) is 0 Å². The molecule has 3 rings (SSSR count). The van der Waals surface area contributed by atoms with Crippen LogP contribution < -0.4 is 0 Å². The van der Waals surface area contributed by atoms with Crippen LogP contribution in [-0.2, 0) is 9.59 Å². The summed E-state index contributed by atoms with van der Waals surface area (Å²) in [6.45, 7) is 1.58. The van der Waals surface area contributed by atoms with E-state index in [0.29, 0.717) is 24.4 Å². The third kappa shape index (κ3) is 2.22. The molecule has 1 unspecified atom stereocenters. The zero-order valence-corrected chi connectivity index (χ0v) is 11.2. The molecule has 0 saturated heterocycles. The highest BCUT2D eigenvalue weighted by Gasteiger charge is 2.43. The molecule has 0 spiro atoms. The van der Waals surface area contributed by atoms with Crippen LogP contribution in [0.25, 0.3) is 0 Å². The van der Waals surface area contributed by atoms with Crippen LogP contribution in [0, 0.1) is 5.92 Å². The van der Waals surface area contributed by atoms with Crippen molar-refractivity contribution in [3.8, 4) is 0 Å². The minimum Gasteiger partial charge on any atom is -0.469 e. The summed E-state index contributed by atoms with van der Waals surface area (Å²) >= 11 is 0. The van der Waals surface area contributed by atoms with Gasteiger partial charge in [-0.05, 0) is 31.2 Å². The normalized spacial score (nSPS) is 26.6. The molecule has 1 aliphatic carbocycles. The summed E-state index contributed by atoms with van der Waals surface area (Å²) < 4.78 is 10.9. The first-order chi connectivity index (χ1) is 9.66. The van der Waals surface area contributed by atoms with E-state index >= 15 is 0 Å². The van der Waals surface area contributed by atoms with E-state index in [2.05, 4.69) is 0 Å². The molecule has 1 saturated carbocycles. The largest absolute Gasteiger partial charge is 0.469 e. The van der Waals surface area contributed by atoms with Crippen molar-refractivity contribution in [1.82, 2.24) is 0 Å². The summed E-state index contributed by atoms with van der Waals surface area (Å²) in [4.78, 5) is 24.2. The lowest BCUT2D eigenvalue weighted by atomic mass is 9.68. The molecule has 0 amide bonds. The van der Waals surface area contributed by atoms with Crippen molar-refractivity contribution in [3.63, 3.8) is 0 Å². The number of carbonyl (C=O) groups excluding carboxylic acids is 2. The number of hydrogen-bond donors (Lipinski definition) is 0. The summed E-state index contributed by atoms with van der Waals surface area (Å²) in [5.41, 5.74) is 0. The van der Waals surface area contributed by atoms with Gasteiger partial charge in [0.1, 0.15) is 23.1 Å². The third-order valence-electron chi connectivity index (χ3n) is 4.05. The lowest BCUT2D eigenvalue weighted by Crippen LogP contribution is -2.34. The van der Waals surface area contributed by atoms with Crippen molar-refractivity contribution in [1.29, 1.82) is 0 Å². The van der Waals surface area contributed by atoms with Crippen molar-refractivity contribution in [2.45, 2.75) is 31.6 Å². The fourth-order valence-electron chi connectivity index (χ4n) is 3.23. The van der Waals surface area contributed by atoms with Crippen LogP contribution in [0.3, 0.4) is 0 Å². The van der Waals surface area contributed by atoms with Crippen LogP contribution in [0.2, 0.25) is 0 Å². The third-order valence-corrected chi connectivity index (χ3v) is 4.05. The zero-order chi connectivity index (χ0) is 14.1. The molecule has 4 heteroatoms. The number of Topliss-reactive ketones (excluding diaryl/α,β-unsaturated/α-hetero) is 2. The summed E-state index contributed by atoms with van der Waals surface area (Å²) in [5, 5.41) is 0. The number of furan rings is 2. The maximum atomic E-state index is 12.1. The fourth-order valence-corrected chi connectivity index (χ4v) is 3.23. The van der Waals surface area contributed by atoms with E-state index in [0.717, 1.165) is 0 Å². The van der Waals surface area contributed by atoms with Crippen LogP contribution in [0.15, 0.2) is 45.6 Å². The maximum absolute atomic E-state index is 12.1. The standard InChI is InChI=1S/C16H16O4/c1-10(17)16-12(14-4-2-6-19-14)8-11(18)9-13(16)15-5-3-7-20-15/h2-7,12-13,16H,8-9H2,1H3/t12-,13+,16?. The van der Waals surface area contributed by atoms with Crippen molar-refractivity contribution >= 4 is 11.6 Å². The quantitative estimate of drug-likeness (QED) is 0.860. The van der Waals surface area contributed by atoms with Gasteiger partial charge in [0.15, 0.2) is 0 Å². The number of hydrogen-bond acceptors (Lipinski definition) is 4. The Morgan fingerprint density at radius 1 is 1.05 bits per heavy atom. The van der Waals surface area contributed by atoms with Crippen LogP contribution in [0.1, 0.15) is 43.1 Å². The van der Waals surface area contributed by atoms with Gasteiger partial charge in [0.05, 0.1) is 12.5 Å². The molecule has 2 heterocycles. The van der Waals surface area contributed by atoms with Crippen LogP contribution >= 0.6 is 0 Å². The monoisotopic (exact) mass is 272 g/mol. The molecule has 0 bridgehead atoms. The Morgan fingerprint density at radius 2 is 1.55 bits per heavy atom. The van der Waals surface area contributed by atoms with Gasteiger partial charge in [0, 0.05) is 30.6 Å². The first kappa shape index (κ1) is 12.9. The topological polar surface area (TPSA) is 60.4 Å². The summed E-state index contributed by atoms with van der Waals surface area (Å²) in [6.07, 6.45) is 3.87. The zero-order valence-electron chi connectivity index (χ0n) is 11.2. The van der Waals surface area contributed by atoms with E-state index < -0.39 is 0 Å². The van der Waals surface area contributed by atoms with Crippen molar-refractivity contribution < 1.29 is 18.4 Å². The van der Waals surface area contributed by atoms with Crippen molar-refractivity contribution in [2.75, 3.05) is 0 Å². The molecule has 2 aromatic heterocycles. The minimum atomic E-state index is -0.273. The number of ketones is 2. The molecule has 0 radical (unpaired) electrons. The van der Waals surface area contributed by atoms with E-state index in [1.807, 2.05) is 12.1 Å². The molecule has 3 atom stereocenters. The van der Waals surface area contributed by atoms with Crippen LogP contribution in [0.4, 0.5) is 0 Å². The molecular formula is C16H16O4. The van der Waals surface area contributed by atoms with Crippen molar-refractivity contribution in [2.24, 2.45) is 5.92 Å². The molecule has 2 aromatic rings. The van der Waals surface area contributed by atoms with E-state index in [1.165, 1.54) is 0 Å². The van der Waals surface area contributed by atoms with Gasteiger partial charge in [-0.2, -0.15) is 0 Å². The van der Waals surface area contributed by atoms with Gasteiger partial charge in [-0.15, -0.1) is 0 Å². The highest BCUT2D eigenvalue weighted by atomic mass is 16.3. The van der Waals surface area contributed by atoms with Gasteiger partial charge in [-0.3, -0.25) is 9.59 Å². The average molecular weight is 272 g/mol. The summed E-state index contributed by atoms with van der Waals surface area (Å²) in [5.74, 6) is 0.956. The average Bonchev–Trinajstić information content (AvgIpc) is 3.11. The predicted octanol–water partition coefficient (Wildman–Crippen LogP) is 3.31. The Labute approximate surface area is 116 Å². The highest BCUT2D eigenvalue weighted by molar-refractivity contribution is 5.87. The number of rotatable bonds is 3. The second-order valence-electron chi connectivity index (χ2n) is 5.33. The lowest BCUT2D eigenvalue weighted by Gasteiger charge is -2.33. The molecule has 1 aliphatic rings. The lowest BCUT2D eigenvalue weighted by molar-refractivity contribution is -0.128. The SMILES string of the molecule is CC(=O)C1[C@@H](c2ccco2)CC(=O)C[C@H]1c1ccco1. The Bertz CT molecular complexity index is 548. The molecule has 4 nitrogen and oxygen atoms in total. The first-order valence-corrected chi connectivity index (χ1v) is 6.75. The first-order valence-electron chi connectivity index (χ1n) is 6.75. The Kier molecular flexibility index (Phi) is 3.30. The van der Waals surface area contributed by atoms with Gasteiger partial charge < -0.3 is 8.83 Å². The van der Waals surface area contributed by atoms with Gasteiger partial charge in [-0.1, -0.05) is 0 Å². The second-order valence-corrected chi connectivity index (χ2v) is 5.33. The van der Waals surface area contributed by atoms with E-state index in [1.54, 1.807) is 31.6 Å². The predicted molar refractivity (Wildman–Crippen MR) is 71.3 cm³/mol. The fraction of sp³-hybridized carbons (Fsp3) is 0.375. The van der Waals surface area contributed by atoms with Gasteiger partial charge in [0.2, 0.25) is 0 Å². The molecule has 0 aromatic carbocycles.